The molecule has 0 atom stereocenters. The average Bonchev–Trinajstić information content (AvgIpc) is 2.32. The molecule has 0 radical (unpaired) electrons. The maximum atomic E-state index is 11.3. The number of nitrogens with two attached hydrogens (primary N) is 1. The minimum Gasteiger partial charge on any atom is -0.369 e. The van der Waals surface area contributed by atoms with Crippen molar-refractivity contribution in [2.24, 2.45) is 5.73 Å². The standard InChI is InChI=1S/C6H12N2O3S/c7-6(9)5-12(10,11)8-3-1-2-4-8/h1-5H2,(H2,7,9). The van der Waals surface area contributed by atoms with Crippen molar-refractivity contribution in [1.82, 2.24) is 4.31 Å². The molecular formula is C6H12N2O3S. The topological polar surface area (TPSA) is 80.5 Å². The lowest BCUT2D eigenvalue weighted by molar-refractivity contribution is -0.115. The predicted octanol–water partition coefficient (Wildman–Crippen LogP) is -1.10. The van der Waals surface area contributed by atoms with Crippen LogP contribution in [-0.4, -0.2) is 37.5 Å². The normalized spacial score (nSPS) is 19.7. The van der Waals surface area contributed by atoms with E-state index in [2.05, 4.69) is 0 Å². The molecule has 0 aliphatic carbocycles. The molecule has 0 aromatic rings. The fourth-order valence-electron chi connectivity index (χ4n) is 1.24. The van der Waals surface area contributed by atoms with Gasteiger partial charge in [0.15, 0.2) is 0 Å². The Balaban J connectivity index is 2.64. The third-order valence-electron chi connectivity index (χ3n) is 1.78. The zero-order chi connectivity index (χ0) is 9.19. The number of hydrogen-bond acceptors (Lipinski definition) is 3. The SMILES string of the molecule is NC(=O)CS(=O)(=O)N1CCCC1. The van der Waals surface area contributed by atoms with Crippen LogP contribution in [0.5, 0.6) is 0 Å². The van der Waals surface area contributed by atoms with Crippen LogP contribution in [0.25, 0.3) is 0 Å². The van der Waals surface area contributed by atoms with E-state index in [1.807, 2.05) is 0 Å². The van der Waals surface area contributed by atoms with Crippen LogP contribution in [0.1, 0.15) is 12.8 Å². The number of nitrogens with zero attached hydrogens (tertiary/aromatic N) is 1. The molecule has 70 valence electrons. The number of primary amides is 1. The van der Waals surface area contributed by atoms with Crippen LogP contribution < -0.4 is 5.73 Å². The number of hydrogen-bond donors (Lipinski definition) is 1. The van der Waals surface area contributed by atoms with Crippen LogP contribution in [0.4, 0.5) is 0 Å². The third kappa shape index (κ3) is 2.18. The van der Waals surface area contributed by atoms with E-state index in [0.717, 1.165) is 12.8 Å². The van der Waals surface area contributed by atoms with Crippen molar-refractivity contribution in [3.05, 3.63) is 0 Å². The molecule has 1 amide bonds. The minimum absolute atomic E-state index is 0.523. The zero-order valence-corrected chi connectivity index (χ0v) is 7.51. The van der Waals surface area contributed by atoms with Crippen molar-refractivity contribution in [3.63, 3.8) is 0 Å². The van der Waals surface area contributed by atoms with Crippen molar-refractivity contribution in [1.29, 1.82) is 0 Å². The van der Waals surface area contributed by atoms with Gasteiger partial charge >= 0.3 is 0 Å². The number of carbonyl (C=O) groups excluding carboxylic acids is 1. The Kier molecular flexibility index (Phi) is 2.69. The van der Waals surface area contributed by atoms with Gasteiger partial charge in [-0.3, -0.25) is 4.79 Å². The number of rotatable bonds is 3. The summed E-state index contributed by atoms with van der Waals surface area (Å²) in [6, 6.07) is 0. The van der Waals surface area contributed by atoms with E-state index in [1.165, 1.54) is 4.31 Å². The summed E-state index contributed by atoms with van der Waals surface area (Å²) >= 11 is 0. The second-order valence-corrected chi connectivity index (χ2v) is 4.80. The molecule has 0 aromatic heterocycles. The summed E-state index contributed by atoms with van der Waals surface area (Å²) in [7, 11) is -3.40. The molecule has 0 bridgehead atoms. The summed E-state index contributed by atoms with van der Waals surface area (Å²) in [4.78, 5) is 10.4. The highest BCUT2D eigenvalue weighted by Crippen LogP contribution is 2.12. The first kappa shape index (κ1) is 9.47. The fraction of sp³-hybridized carbons (Fsp3) is 0.833. The molecule has 1 heterocycles. The lowest BCUT2D eigenvalue weighted by atomic mass is 10.4. The fourth-order valence-corrected chi connectivity index (χ4v) is 2.59. The van der Waals surface area contributed by atoms with E-state index in [0.29, 0.717) is 13.1 Å². The summed E-state index contributed by atoms with van der Waals surface area (Å²) in [6.07, 6.45) is 1.75. The van der Waals surface area contributed by atoms with Gasteiger partial charge in [0.05, 0.1) is 0 Å². The van der Waals surface area contributed by atoms with Gasteiger partial charge in [0.1, 0.15) is 5.75 Å². The van der Waals surface area contributed by atoms with Gasteiger partial charge in [-0.25, -0.2) is 12.7 Å². The van der Waals surface area contributed by atoms with Gasteiger partial charge in [0.2, 0.25) is 15.9 Å². The first-order valence-electron chi connectivity index (χ1n) is 3.78. The largest absolute Gasteiger partial charge is 0.369 e. The van der Waals surface area contributed by atoms with Crippen LogP contribution in [0, 0.1) is 0 Å². The van der Waals surface area contributed by atoms with E-state index in [1.54, 1.807) is 0 Å². The van der Waals surface area contributed by atoms with Gasteiger partial charge in [-0.1, -0.05) is 0 Å². The van der Waals surface area contributed by atoms with Crippen molar-refractivity contribution in [2.45, 2.75) is 12.8 Å². The molecule has 1 aliphatic heterocycles. The van der Waals surface area contributed by atoms with Gasteiger partial charge in [0, 0.05) is 13.1 Å². The Bertz CT molecular complexity index is 267. The first-order valence-corrected chi connectivity index (χ1v) is 5.39. The molecule has 0 saturated carbocycles. The number of sulfonamides is 1. The summed E-state index contributed by atoms with van der Waals surface area (Å²) in [5, 5.41) is 0. The summed E-state index contributed by atoms with van der Waals surface area (Å²) in [6.45, 7) is 1.05. The zero-order valence-electron chi connectivity index (χ0n) is 6.69. The molecule has 1 fully saturated rings. The van der Waals surface area contributed by atoms with Crippen molar-refractivity contribution >= 4 is 15.9 Å². The Labute approximate surface area is 71.6 Å². The summed E-state index contributed by atoms with van der Waals surface area (Å²) in [5.41, 5.74) is 4.80. The Morgan fingerprint density at radius 1 is 1.33 bits per heavy atom. The van der Waals surface area contributed by atoms with E-state index in [9.17, 15) is 13.2 Å². The molecule has 6 heteroatoms. The molecule has 1 saturated heterocycles. The molecule has 0 aromatic carbocycles. The lowest BCUT2D eigenvalue weighted by Crippen LogP contribution is -2.35. The molecule has 12 heavy (non-hydrogen) atoms. The Hall–Kier alpha value is -0.620. The third-order valence-corrected chi connectivity index (χ3v) is 3.58. The van der Waals surface area contributed by atoms with Gasteiger partial charge in [-0.2, -0.15) is 0 Å². The highest BCUT2D eigenvalue weighted by molar-refractivity contribution is 7.89. The van der Waals surface area contributed by atoms with Gasteiger partial charge < -0.3 is 5.73 Å². The van der Waals surface area contributed by atoms with Gasteiger partial charge in [-0.05, 0) is 12.8 Å². The smallest absolute Gasteiger partial charge is 0.234 e. The Morgan fingerprint density at radius 3 is 2.25 bits per heavy atom. The molecule has 2 N–H and O–H groups in total. The van der Waals surface area contributed by atoms with Crippen LogP contribution in [0.3, 0.4) is 0 Å². The van der Waals surface area contributed by atoms with E-state index >= 15 is 0 Å². The summed E-state index contributed by atoms with van der Waals surface area (Å²) in [5.74, 6) is -1.35. The quantitative estimate of drug-likeness (QED) is 0.616. The van der Waals surface area contributed by atoms with Gasteiger partial charge in [-0.15, -0.1) is 0 Å². The molecule has 0 spiro atoms. The van der Waals surface area contributed by atoms with E-state index in [4.69, 9.17) is 5.73 Å². The summed E-state index contributed by atoms with van der Waals surface area (Å²) < 4.78 is 23.9. The van der Waals surface area contributed by atoms with Crippen molar-refractivity contribution in [3.8, 4) is 0 Å². The maximum Gasteiger partial charge on any atom is 0.234 e. The number of amides is 1. The van der Waals surface area contributed by atoms with Crippen LogP contribution >= 0.6 is 0 Å². The highest BCUT2D eigenvalue weighted by atomic mass is 32.2. The molecule has 1 aliphatic rings. The van der Waals surface area contributed by atoms with Crippen LogP contribution in [0.2, 0.25) is 0 Å². The first-order chi connectivity index (χ1) is 5.52. The monoisotopic (exact) mass is 192 g/mol. The minimum atomic E-state index is -3.40. The Morgan fingerprint density at radius 2 is 1.83 bits per heavy atom. The number of carbonyl (C=O) groups is 1. The van der Waals surface area contributed by atoms with E-state index < -0.39 is 21.7 Å². The van der Waals surface area contributed by atoms with Crippen molar-refractivity contribution in [2.75, 3.05) is 18.8 Å². The molecular weight excluding hydrogens is 180 g/mol. The van der Waals surface area contributed by atoms with Crippen LogP contribution in [-0.2, 0) is 14.8 Å². The second kappa shape index (κ2) is 3.40. The lowest BCUT2D eigenvalue weighted by Gasteiger charge is -2.13. The second-order valence-electron chi connectivity index (χ2n) is 2.83. The maximum absolute atomic E-state index is 11.3. The predicted molar refractivity (Wildman–Crippen MR) is 43.8 cm³/mol. The average molecular weight is 192 g/mol. The molecule has 0 unspecified atom stereocenters. The molecule has 5 nitrogen and oxygen atoms in total. The van der Waals surface area contributed by atoms with Gasteiger partial charge in [0.25, 0.3) is 0 Å². The molecule has 1 rings (SSSR count). The van der Waals surface area contributed by atoms with Crippen molar-refractivity contribution < 1.29 is 13.2 Å². The highest BCUT2D eigenvalue weighted by Gasteiger charge is 2.26. The van der Waals surface area contributed by atoms with Crippen LogP contribution in [0.15, 0.2) is 0 Å². The van der Waals surface area contributed by atoms with E-state index in [-0.39, 0.29) is 0 Å².